The number of aromatic nitrogens is 9. The molecule has 5 N–H and O–H groups in total. The van der Waals surface area contributed by atoms with E-state index in [1.165, 1.54) is 27.6 Å². The topological polar surface area (TPSA) is 234 Å². The zero-order valence-electron chi connectivity index (χ0n) is 33.3. The van der Waals surface area contributed by atoms with Crippen LogP contribution >= 0.6 is 46.4 Å². The van der Waals surface area contributed by atoms with Gasteiger partial charge < -0.3 is 23.9 Å². The quantitative estimate of drug-likeness (QED) is 0.211. The van der Waals surface area contributed by atoms with Crippen LogP contribution in [0.1, 0.15) is 25.7 Å². The molecule has 2 aliphatic heterocycles. The van der Waals surface area contributed by atoms with Crippen molar-refractivity contribution in [1.29, 1.82) is 0 Å². The first-order valence-corrected chi connectivity index (χ1v) is 23.1. The fourth-order valence-electron chi connectivity index (χ4n) is 8.36. The predicted molar refractivity (Wildman–Crippen MR) is 233 cm³/mol. The second-order valence-electron chi connectivity index (χ2n) is 16.0. The third kappa shape index (κ3) is 8.76. The van der Waals surface area contributed by atoms with Crippen molar-refractivity contribution in [3.8, 4) is 0 Å². The highest BCUT2D eigenvalue weighted by molar-refractivity contribution is 7.87. The molecule has 0 atom stereocenters. The van der Waals surface area contributed by atoms with Gasteiger partial charge >= 0.3 is 0 Å². The molecule has 0 unspecified atom stereocenters. The van der Waals surface area contributed by atoms with Gasteiger partial charge in [0.05, 0.1) is 15.6 Å². The summed E-state index contributed by atoms with van der Waals surface area (Å²) in [5.74, 6) is 0.878. The third-order valence-electron chi connectivity index (χ3n) is 11.8. The Balaban J connectivity index is 0.000000129. The highest BCUT2D eigenvalue weighted by Crippen LogP contribution is 2.52. The molecule has 2 aliphatic carbocycles. The molecule has 0 amide bonds. The van der Waals surface area contributed by atoms with Crippen LogP contribution in [0.5, 0.6) is 0 Å². The second kappa shape index (κ2) is 16.7. The summed E-state index contributed by atoms with van der Waals surface area (Å²) in [5, 5.41) is 15.6. The van der Waals surface area contributed by atoms with E-state index in [2.05, 4.69) is 40.1 Å². The van der Waals surface area contributed by atoms with E-state index in [9.17, 15) is 16.8 Å². The monoisotopic (exact) mass is 943 g/mol. The van der Waals surface area contributed by atoms with Crippen LogP contribution in [0.25, 0.3) is 33.1 Å². The van der Waals surface area contributed by atoms with Crippen LogP contribution in [0, 0.1) is 10.8 Å². The van der Waals surface area contributed by atoms with Gasteiger partial charge in [0.15, 0.2) is 16.1 Å². The van der Waals surface area contributed by atoms with Crippen LogP contribution in [0.3, 0.4) is 0 Å². The van der Waals surface area contributed by atoms with Gasteiger partial charge in [-0.2, -0.15) is 25.4 Å². The molecule has 324 valence electrons. The van der Waals surface area contributed by atoms with Gasteiger partial charge in [0.25, 0.3) is 20.4 Å². The molecule has 25 heteroatoms. The van der Waals surface area contributed by atoms with Crippen LogP contribution in [-0.4, -0.2) is 121 Å². The number of hydrogen-bond donors (Lipinski definition) is 3. The fraction of sp³-hybridized carbons (Fsp3) is 0.486. The van der Waals surface area contributed by atoms with Crippen LogP contribution < -0.4 is 20.5 Å². The summed E-state index contributed by atoms with van der Waals surface area (Å²) in [6, 6.07) is 2.03. The van der Waals surface area contributed by atoms with Crippen molar-refractivity contribution in [2.45, 2.75) is 37.8 Å². The average molecular weight is 946 g/mol. The van der Waals surface area contributed by atoms with E-state index in [0.717, 1.165) is 85.3 Å². The summed E-state index contributed by atoms with van der Waals surface area (Å²) >= 11 is 23.8. The number of hydrogen-bond acceptors (Lipinski definition) is 12. The standard InChI is InChI=1S/C14H19ClN6O2S.C7H5Cl2N3.C7H6ClN3.C7H15N3O2S/c1-19-5-10(15)11-12(19)13(18-8-17-11)21-6-14(7-21)3-9(4-14)20(2)24(16,22)23;1-12-2-4(8)5-6(12)7(9)11-3-10-5;1-11-3-2-5-6(11)7(8)10-4-9-5;1-10(13(8,11)12)6-2-7(3-6)4-9-5-7/h5,8-9H,3-4,6-7H2,1-2H3,(H2,16,22,23);2-3H,1H3;2-4H,1H3;6,9H,2-5H2,1H3,(H2,8,11,12). The van der Waals surface area contributed by atoms with Crippen LogP contribution in [0.2, 0.25) is 20.4 Å². The molecule has 0 aromatic carbocycles. The lowest BCUT2D eigenvalue weighted by Gasteiger charge is -2.60. The van der Waals surface area contributed by atoms with E-state index >= 15 is 0 Å². The van der Waals surface area contributed by atoms with Crippen molar-refractivity contribution in [3.63, 3.8) is 0 Å². The zero-order valence-corrected chi connectivity index (χ0v) is 38.0. The molecule has 60 heavy (non-hydrogen) atoms. The Bertz CT molecular complexity index is 2770. The molecule has 2 spiro atoms. The van der Waals surface area contributed by atoms with Crippen LogP contribution in [0.15, 0.2) is 43.6 Å². The minimum absolute atomic E-state index is 0.00273. The Morgan fingerprint density at radius 3 is 1.62 bits per heavy atom. The lowest BCUT2D eigenvalue weighted by Crippen LogP contribution is -2.67. The van der Waals surface area contributed by atoms with E-state index in [0.29, 0.717) is 31.3 Å². The highest BCUT2D eigenvalue weighted by atomic mass is 35.5. The van der Waals surface area contributed by atoms with Gasteiger partial charge in [-0.25, -0.2) is 40.2 Å². The molecule has 8 heterocycles. The molecule has 10 rings (SSSR count). The van der Waals surface area contributed by atoms with Crippen LogP contribution in [-0.2, 0) is 41.6 Å². The summed E-state index contributed by atoms with van der Waals surface area (Å²) in [6.45, 7) is 3.78. The Hall–Kier alpha value is -3.48. The van der Waals surface area contributed by atoms with Gasteiger partial charge in [0.2, 0.25) is 0 Å². The Morgan fingerprint density at radius 1 is 0.667 bits per heavy atom. The van der Waals surface area contributed by atoms with Crippen LogP contribution in [0.4, 0.5) is 5.82 Å². The third-order valence-corrected chi connectivity index (χ3v) is 15.1. The van der Waals surface area contributed by atoms with Gasteiger partial charge in [-0.1, -0.05) is 46.4 Å². The summed E-state index contributed by atoms with van der Waals surface area (Å²) < 4.78 is 53.0. The first-order valence-electron chi connectivity index (χ1n) is 18.6. The molecular formula is C35H45Cl4N15O4S2. The fourth-order valence-corrected chi connectivity index (χ4v) is 10.6. The van der Waals surface area contributed by atoms with Crippen molar-refractivity contribution in [3.05, 3.63) is 64.0 Å². The van der Waals surface area contributed by atoms with Crippen molar-refractivity contribution < 1.29 is 16.8 Å². The lowest BCUT2D eigenvalue weighted by atomic mass is 9.60. The van der Waals surface area contributed by atoms with Gasteiger partial charge in [0, 0.05) is 97.5 Å². The van der Waals surface area contributed by atoms with E-state index in [1.807, 2.05) is 48.7 Å². The van der Waals surface area contributed by atoms with Crippen molar-refractivity contribution in [2.75, 3.05) is 45.2 Å². The maximum absolute atomic E-state index is 11.4. The van der Waals surface area contributed by atoms with Gasteiger partial charge in [-0.15, -0.1) is 0 Å². The van der Waals surface area contributed by atoms with E-state index < -0.39 is 20.4 Å². The number of nitrogens with zero attached hydrogens (tertiary/aromatic N) is 12. The maximum Gasteiger partial charge on any atom is 0.276 e. The SMILES string of the molecule is CN(C1CC2(C1)CN(c1ncnc3c(Cl)cn(C)c13)C2)S(N)(=O)=O.CN(C1CC2(CNC2)C1)S(N)(=O)=O.Cn1cc(Cl)c2ncnc(Cl)c21.Cn1ccc2ncnc(Cl)c21. The van der Waals surface area contributed by atoms with Crippen molar-refractivity contribution in [1.82, 2.24) is 57.5 Å². The Labute approximate surface area is 367 Å². The number of nitrogens with one attached hydrogen (secondary N) is 1. The second-order valence-corrected chi connectivity index (χ2v) is 20.7. The zero-order chi connectivity index (χ0) is 43.5. The number of rotatable bonds is 5. The number of nitrogens with two attached hydrogens (primary N) is 2. The van der Waals surface area contributed by atoms with E-state index in [1.54, 1.807) is 24.9 Å². The first kappa shape index (κ1) is 44.6. The molecular weight excluding hydrogens is 900 g/mol. The smallest absolute Gasteiger partial charge is 0.276 e. The van der Waals surface area contributed by atoms with Crippen molar-refractivity contribution in [2.24, 2.45) is 42.3 Å². The molecule has 4 aliphatic rings. The summed E-state index contributed by atoms with van der Waals surface area (Å²) in [6.07, 6.45) is 13.5. The Morgan fingerprint density at radius 2 is 1.13 bits per heavy atom. The highest BCUT2D eigenvalue weighted by Gasteiger charge is 2.55. The van der Waals surface area contributed by atoms with Gasteiger partial charge in [0.1, 0.15) is 46.6 Å². The molecule has 2 saturated carbocycles. The number of anilines is 1. The largest absolute Gasteiger partial charge is 0.354 e. The van der Waals surface area contributed by atoms with Gasteiger partial charge in [-0.05, 0) is 37.2 Å². The Kier molecular flexibility index (Phi) is 12.4. The summed E-state index contributed by atoms with van der Waals surface area (Å²) in [5.41, 5.74) is 5.46. The van der Waals surface area contributed by atoms with E-state index in [4.69, 9.17) is 56.7 Å². The predicted octanol–water partition coefficient (Wildman–Crippen LogP) is 3.50. The minimum atomic E-state index is -3.61. The molecule has 4 fully saturated rings. The first-order chi connectivity index (χ1) is 28.1. The molecule has 6 aromatic heterocycles. The molecule has 0 radical (unpaired) electrons. The van der Waals surface area contributed by atoms with Gasteiger partial charge in [-0.3, -0.25) is 0 Å². The summed E-state index contributed by atoms with van der Waals surface area (Å²) in [7, 11) is 1.69. The van der Waals surface area contributed by atoms with E-state index in [-0.39, 0.29) is 17.5 Å². The summed E-state index contributed by atoms with van der Waals surface area (Å²) in [4.78, 5) is 26.7. The number of halogens is 4. The maximum atomic E-state index is 11.4. The molecule has 0 bridgehead atoms. The minimum Gasteiger partial charge on any atom is -0.354 e. The number of aryl methyl sites for hydroxylation is 3. The normalized spacial score (nSPS) is 19.2. The lowest BCUT2D eigenvalue weighted by molar-refractivity contribution is -0.000323. The number of fused-ring (bicyclic) bond motifs is 3. The average Bonchev–Trinajstić information content (AvgIpc) is 3.74. The van der Waals surface area contributed by atoms with Crippen molar-refractivity contribution >= 4 is 106 Å². The molecule has 6 aromatic rings. The molecule has 19 nitrogen and oxygen atoms in total. The molecule has 2 saturated heterocycles.